The molecule has 0 spiro atoms. The molecule has 6 heteroatoms. The summed E-state index contributed by atoms with van der Waals surface area (Å²) in [6.45, 7) is 4.94. The van der Waals surface area contributed by atoms with E-state index in [9.17, 15) is 19.8 Å². The van der Waals surface area contributed by atoms with Gasteiger partial charge in [-0.1, -0.05) is 301 Å². The Morgan fingerprint density at radius 2 is 0.676 bits per heavy atom. The molecule has 6 nitrogen and oxygen atoms in total. The van der Waals surface area contributed by atoms with Crippen molar-refractivity contribution in [2.75, 3.05) is 13.2 Å². The lowest BCUT2D eigenvalue weighted by Crippen LogP contribution is -2.45. The van der Waals surface area contributed by atoms with Gasteiger partial charge >= 0.3 is 5.97 Å². The highest BCUT2D eigenvalue weighted by molar-refractivity contribution is 5.76. The molecule has 3 N–H and O–H groups in total. The summed E-state index contributed by atoms with van der Waals surface area (Å²) in [5.41, 5.74) is 0. The zero-order chi connectivity index (χ0) is 53.6. The summed E-state index contributed by atoms with van der Waals surface area (Å²) in [6.07, 6.45) is 80.2. The molecule has 0 fully saturated rings. The molecule has 0 aliphatic rings. The van der Waals surface area contributed by atoms with Gasteiger partial charge in [-0.05, 0) is 83.5 Å². The van der Waals surface area contributed by atoms with Gasteiger partial charge in [0.2, 0.25) is 5.91 Å². The van der Waals surface area contributed by atoms with E-state index in [1.165, 1.54) is 276 Å². The average molecular weight is 1040 g/mol. The quantitative estimate of drug-likeness (QED) is 0.0320. The number of aliphatic hydroxyl groups excluding tert-OH is 2. The summed E-state index contributed by atoms with van der Waals surface area (Å²) < 4.78 is 5.49. The van der Waals surface area contributed by atoms with Crippen molar-refractivity contribution in [1.82, 2.24) is 5.32 Å². The molecule has 0 aromatic rings. The number of aliphatic hydroxyl groups is 2. The molecule has 0 aliphatic carbocycles. The Balaban J connectivity index is 3.43. The first-order valence-corrected chi connectivity index (χ1v) is 33.2. The maximum Gasteiger partial charge on any atom is 0.305 e. The Kier molecular flexibility index (Phi) is 62.0. The number of ether oxygens (including phenoxy) is 1. The minimum atomic E-state index is -0.671. The number of unbranched alkanes of at least 4 members (excludes halogenated alkanes) is 45. The van der Waals surface area contributed by atoms with Gasteiger partial charge in [0.15, 0.2) is 0 Å². The third kappa shape index (κ3) is 59.3. The summed E-state index contributed by atoms with van der Waals surface area (Å²) in [4.78, 5) is 24.6. The lowest BCUT2D eigenvalue weighted by molar-refractivity contribution is -0.143. The summed E-state index contributed by atoms with van der Waals surface area (Å²) in [5.74, 6) is -0.0417. The molecule has 0 aromatic heterocycles. The predicted molar refractivity (Wildman–Crippen MR) is 324 cm³/mol. The van der Waals surface area contributed by atoms with Gasteiger partial charge in [0.1, 0.15) is 0 Å². The van der Waals surface area contributed by atoms with Crippen molar-refractivity contribution < 1.29 is 24.5 Å². The molecular weight excluding hydrogens is 911 g/mol. The summed E-state index contributed by atoms with van der Waals surface area (Å²) >= 11 is 0. The van der Waals surface area contributed by atoms with E-state index in [1.807, 2.05) is 0 Å². The topological polar surface area (TPSA) is 95.9 Å². The van der Waals surface area contributed by atoms with Crippen LogP contribution in [0.5, 0.6) is 0 Å². The highest BCUT2D eigenvalue weighted by Crippen LogP contribution is 2.18. The number of carbonyl (C=O) groups excluding carboxylic acids is 2. The van der Waals surface area contributed by atoms with Crippen molar-refractivity contribution in [3.05, 3.63) is 36.5 Å². The zero-order valence-corrected chi connectivity index (χ0v) is 49.8. The fourth-order valence-corrected chi connectivity index (χ4v) is 10.3. The highest BCUT2D eigenvalue weighted by Gasteiger charge is 2.20. The lowest BCUT2D eigenvalue weighted by Gasteiger charge is -2.22. The Hall–Kier alpha value is -1.92. The fourth-order valence-electron chi connectivity index (χ4n) is 10.3. The SMILES string of the molecule is CCCCC/C=C\C/C=C\CCCCCCCCCC(=O)OCCCCCCCCCCC/C=C\CCCCCCCCCC(=O)NC(CO)C(O)CCCCCCCCCCCCCCCCCCCCCC. The van der Waals surface area contributed by atoms with Crippen molar-refractivity contribution >= 4 is 11.9 Å². The van der Waals surface area contributed by atoms with Crippen LogP contribution in [0.1, 0.15) is 361 Å². The number of carbonyl (C=O) groups is 2. The predicted octanol–water partition coefficient (Wildman–Crippen LogP) is 21.1. The Bertz CT molecular complexity index is 1200. The first kappa shape index (κ1) is 72.1. The van der Waals surface area contributed by atoms with E-state index in [2.05, 4.69) is 55.6 Å². The van der Waals surface area contributed by atoms with Crippen LogP contribution in [0.25, 0.3) is 0 Å². The number of nitrogens with one attached hydrogen (secondary N) is 1. The minimum absolute atomic E-state index is 0.00101. The number of amides is 1. The molecule has 2 atom stereocenters. The first-order valence-electron chi connectivity index (χ1n) is 33.2. The Morgan fingerprint density at radius 3 is 1.07 bits per heavy atom. The van der Waals surface area contributed by atoms with Crippen molar-refractivity contribution in [3.8, 4) is 0 Å². The lowest BCUT2D eigenvalue weighted by atomic mass is 10.0. The zero-order valence-electron chi connectivity index (χ0n) is 49.8. The molecular formula is C68H129NO5. The van der Waals surface area contributed by atoms with Crippen LogP contribution in [-0.4, -0.2) is 47.4 Å². The number of hydrogen-bond acceptors (Lipinski definition) is 5. The summed E-state index contributed by atoms with van der Waals surface area (Å²) in [7, 11) is 0. The van der Waals surface area contributed by atoms with Crippen molar-refractivity contribution in [2.45, 2.75) is 373 Å². The molecule has 0 aromatic carbocycles. The molecule has 0 aliphatic heterocycles. The van der Waals surface area contributed by atoms with Crippen LogP contribution in [0.2, 0.25) is 0 Å². The van der Waals surface area contributed by atoms with Crippen LogP contribution in [-0.2, 0) is 14.3 Å². The second kappa shape index (κ2) is 63.6. The van der Waals surface area contributed by atoms with Gasteiger partial charge in [0, 0.05) is 12.8 Å². The molecule has 0 saturated heterocycles. The van der Waals surface area contributed by atoms with E-state index < -0.39 is 12.1 Å². The average Bonchev–Trinajstić information content (AvgIpc) is 3.40. The van der Waals surface area contributed by atoms with Gasteiger partial charge in [-0.15, -0.1) is 0 Å². The molecule has 0 radical (unpaired) electrons. The van der Waals surface area contributed by atoms with Gasteiger partial charge < -0.3 is 20.3 Å². The number of allylic oxidation sites excluding steroid dienone is 6. The number of esters is 1. The molecule has 74 heavy (non-hydrogen) atoms. The molecule has 0 rings (SSSR count). The third-order valence-electron chi connectivity index (χ3n) is 15.4. The monoisotopic (exact) mass is 1040 g/mol. The van der Waals surface area contributed by atoms with Crippen LogP contribution in [0.15, 0.2) is 36.5 Å². The van der Waals surface area contributed by atoms with Gasteiger partial charge in [-0.2, -0.15) is 0 Å². The van der Waals surface area contributed by atoms with Crippen LogP contribution in [0.3, 0.4) is 0 Å². The molecule has 0 saturated carbocycles. The van der Waals surface area contributed by atoms with Crippen LogP contribution in [0.4, 0.5) is 0 Å². The Morgan fingerprint density at radius 1 is 0.378 bits per heavy atom. The van der Waals surface area contributed by atoms with Crippen molar-refractivity contribution in [3.63, 3.8) is 0 Å². The van der Waals surface area contributed by atoms with E-state index in [0.717, 1.165) is 51.4 Å². The largest absolute Gasteiger partial charge is 0.466 e. The number of hydrogen-bond donors (Lipinski definition) is 3. The van der Waals surface area contributed by atoms with Crippen molar-refractivity contribution in [2.24, 2.45) is 0 Å². The minimum Gasteiger partial charge on any atom is -0.466 e. The van der Waals surface area contributed by atoms with Gasteiger partial charge in [0.25, 0.3) is 0 Å². The Labute approximate surface area is 462 Å². The molecule has 0 heterocycles. The van der Waals surface area contributed by atoms with E-state index in [-0.39, 0.29) is 18.5 Å². The van der Waals surface area contributed by atoms with E-state index >= 15 is 0 Å². The standard InChI is InChI=1S/C68H129NO5/c1-3-5-7-9-11-13-15-17-19-21-22-25-29-32-36-40-44-48-52-56-60-66(71)65(64-70)69-67(72)61-57-53-49-45-41-37-33-30-26-23-24-27-31-35-39-43-47-51-55-59-63-74-68(73)62-58-54-50-46-42-38-34-28-20-18-16-14-12-10-8-6-4-2/h12,14,18,20,23,26,65-66,70-71H,3-11,13,15-17,19,21-22,24-25,27-64H2,1-2H3,(H,69,72)/b14-12-,20-18-,26-23-. The third-order valence-corrected chi connectivity index (χ3v) is 15.4. The second-order valence-corrected chi connectivity index (χ2v) is 22.8. The smallest absolute Gasteiger partial charge is 0.305 e. The number of rotatable bonds is 62. The molecule has 1 amide bonds. The van der Waals surface area contributed by atoms with Gasteiger partial charge in [0.05, 0.1) is 25.4 Å². The van der Waals surface area contributed by atoms with Gasteiger partial charge in [-0.25, -0.2) is 0 Å². The van der Waals surface area contributed by atoms with Crippen LogP contribution < -0.4 is 5.32 Å². The summed E-state index contributed by atoms with van der Waals surface area (Å²) in [6, 6.07) is -0.549. The normalized spacial score (nSPS) is 12.8. The van der Waals surface area contributed by atoms with Crippen LogP contribution >= 0.6 is 0 Å². The molecule has 436 valence electrons. The van der Waals surface area contributed by atoms with E-state index in [0.29, 0.717) is 25.9 Å². The van der Waals surface area contributed by atoms with E-state index in [4.69, 9.17) is 4.74 Å². The fraction of sp³-hybridized carbons (Fsp3) is 0.882. The van der Waals surface area contributed by atoms with E-state index in [1.54, 1.807) is 0 Å². The van der Waals surface area contributed by atoms with Crippen LogP contribution in [0, 0.1) is 0 Å². The second-order valence-electron chi connectivity index (χ2n) is 22.8. The first-order chi connectivity index (χ1) is 36.5. The maximum absolute atomic E-state index is 12.5. The van der Waals surface area contributed by atoms with Gasteiger partial charge in [-0.3, -0.25) is 9.59 Å². The highest BCUT2D eigenvalue weighted by atomic mass is 16.5. The van der Waals surface area contributed by atoms with Crippen molar-refractivity contribution in [1.29, 1.82) is 0 Å². The molecule has 2 unspecified atom stereocenters. The summed E-state index contributed by atoms with van der Waals surface area (Å²) in [5, 5.41) is 23.4. The maximum atomic E-state index is 12.5. The molecule has 0 bridgehead atoms.